The van der Waals surface area contributed by atoms with Crippen molar-refractivity contribution in [3.63, 3.8) is 0 Å². The molecule has 15 heavy (non-hydrogen) atoms. The van der Waals surface area contributed by atoms with E-state index < -0.39 is 0 Å². The second kappa shape index (κ2) is 4.75. The first-order valence-electron chi connectivity index (χ1n) is 4.89. The number of nitrogens with zero attached hydrogens (tertiary/aromatic N) is 1. The molecule has 0 bridgehead atoms. The van der Waals surface area contributed by atoms with Gasteiger partial charge in [0.1, 0.15) is 10.4 Å². The normalized spacial score (nSPS) is 11.2. The fraction of sp³-hybridized carbons (Fsp3) is 0.455. The summed E-state index contributed by atoms with van der Waals surface area (Å²) >= 11 is 3.26. The Labute approximate surface area is 98.4 Å². The molecule has 0 saturated heterocycles. The molecule has 1 aromatic rings. The van der Waals surface area contributed by atoms with E-state index in [1.807, 2.05) is 32.9 Å². The zero-order valence-corrected chi connectivity index (χ0v) is 10.8. The number of carbonyl (C=O) groups excluding carboxylic acids is 1. The van der Waals surface area contributed by atoms with Crippen molar-refractivity contribution in [3.05, 3.63) is 22.8 Å². The highest BCUT2D eigenvalue weighted by atomic mass is 79.9. The molecule has 0 spiro atoms. The van der Waals surface area contributed by atoms with Crippen molar-refractivity contribution in [2.24, 2.45) is 5.41 Å². The van der Waals surface area contributed by atoms with Gasteiger partial charge in [-0.05, 0) is 34.5 Å². The molecule has 0 radical (unpaired) electrons. The Morgan fingerprint density at radius 2 is 2.20 bits per heavy atom. The lowest BCUT2D eigenvalue weighted by Gasteiger charge is -2.20. The third kappa shape index (κ3) is 3.30. The van der Waals surface area contributed by atoms with Gasteiger partial charge in [-0.3, -0.25) is 4.79 Å². The molecule has 1 heterocycles. The maximum atomic E-state index is 11.8. The van der Waals surface area contributed by atoms with E-state index in [-0.39, 0.29) is 11.3 Å². The summed E-state index contributed by atoms with van der Waals surface area (Å²) in [4.78, 5) is 16.0. The van der Waals surface area contributed by atoms with Crippen molar-refractivity contribution in [1.29, 1.82) is 0 Å². The summed E-state index contributed by atoms with van der Waals surface area (Å²) in [5.41, 5.74) is -0.357. The number of rotatable bonds is 3. The number of carbonyl (C=O) groups is 1. The summed E-state index contributed by atoms with van der Waals surface area (Å²) in [6, 6.07) is 5.43. The highest BCUT2D eigenvalue weighted by molar-refractivity contribution is 9.10. The Kier molecular flexibility index (Phi) is 3.85. The topological polar surface area (TPSA) is 42.0 Å². The van der Waals surface area contributed by atoms with Crippen molar-refractivity contribution in [1.82, 2.24) is 4.98 Å². The average molecular weight is 271 g/mol. The number of halogens is 1. The van der Waals surface area contributed by atoms with Gasteiger partial charge in [-0.25, -0.2) is 4.98 Å². The van der Waals surface area contributed by atoms with Crippen LogP contribution in [0.15, 0.2) is 22.8 Å². The van der Waals surface area contributed by atoms with Gasteiger partial charge in [-0.15, -0.1) is 0 Å². The van der Waals surface area contributed by atoms with Crippen LogP contribution in [0, 0.1) is 5.41 Å². The molecular formula is C11H15BrN2O. The maximum absolute atomic E-state index is 11.8. The predicted octanol–water partition coefficient (Wildman–Crippen LogP) is 3.22. The molecule has 0 atom stereocenters. The maximum Gasteiger partial charge on any atom is 0.231 e. The number of pyridine rings is 1. The third-order valence-corrected chi connectivity index (χ3v) is 2.90. The molecule has 0 aromatic carbocycles. The number of hydrogen-bond acceptors (Lipinski definition) is 2. The lowest BCUT2D eigenvalue weighted by molar-refractivity contribution is -0.124. The van der Waals surface area contributed by atoms with Gasteiger partial charge in [0.15, 0.2) is 0 Å². The Hall–Kier alpha value is -0.900. The van der Waals surface area contributed by atoms with Gasteiger partial charge in [0, 0.05) is 5.41 Å². The minimum absolute atomic E-state index is 0.00407. The quantitative estimate of drug-likeness (QED) is 0.857. The second-order valence-corrected chi connectivity index (χ2v) is 4.85. The van der Waals surface area contributed by atoms with Crippen LogP contribution < -0.4 is 5.32 Å². The van der Waals surface area contributed by atoms with E-state index in [2.05, 4.69) is 26.2 Å². The summed E-state index contributed by atoms with van der Waals surface area (Å²) < 4.78 is 0.717. The fourth-order valence-corrected chi connectivity index (χ4v) is 1.27. The van der Waals surface area contributed by atoms with Crippen LogP contribution in [0.5, 0.6) is 0 Å². The Morgan fingerprint density at radius 1 is 1.53 bits per heavy atom. The largest absolute Gasteiger partial charge is 0.310 e. The zero-order valence-electron chi connectivity index (χ0n) is 9.17. The van der Waals surface area contributed by atoms with E-state index in [1.54, 1.807) is 6.07 Å². The van der Waals surface area contributed by atoms with Gasteiger partial charge in [-0.2, -0.15) is 0 Å². The van der Waals surface area contributed by atoms with Crippen molar-refractivity contribution in [3.8, 4) is 0 Å². The van der Waals surface area contributed by atoms with Crippen LogP contribution in [0.1, 0.15) is 27.2 Å². The summed E-state index contributed by atoms with van der Waals surface area (Å²) in [5, 5.41) is 2.79. The van der Waals surface area contributed by atoms with Crippen LogP contribution in [0.25, 0.3) is 0 Å². The summed E-state index contributed by atoms with van der Waals surface area (Å²) in [7, 11) is 0. The highest BCUT2D eigenvalue weighted by Crippen LogP contribution is 2.22. The van der Waals surface area contributed by atoms with Gasteiger partial charge in [0.25, 0.3) is 0 Å². The molecule has 0 aliphatic carbocycles. The minimum Gasteiger partial charge on any atom is -0.310 e. The van der Waals surface area contributed by atoms with E-state index in [0.717, 1.165) is 11.0 Å². The molecule has 4 heteroatoms. The molecule has 0 unspecified atom stereocenters. The second-order valence-electron chi connectivity index (χ2n) is 4.04. The SMILES string of the molecule is CCC(C)(C)C(=O)Nc1cccc(Br)n1. The molecule has 0 aliphatic heterocycles. The van der Waals surface area contributed by atoms with E-state index >= 15 is 0 Å². The molecule has 82 valence electrons. The monoisotopic (exact) mass is 270 g/mol. The van der Waals surface area contributed by atoms with E-state index in [9.17, 15) is 4.79 Å². The molecule has 3 nitrogen and oxygen atoms in total. The third-order valence-electron chi connectivity index (χ3n) is 2.46. The minimum atomic E-state index is -0.357. The number of hydrogen-bond donors (Lipinski definition) is 1. The molecule has 1 aromatic heterocycles. The first-order chi connectivity index (χ1) is 6.95. The molecule has 0 aliphatic rings. The molecular weight excluding hydrogens is 256 g/mol. The Bertz CT molecular complexity index is 363. The van der Waals surface area contributed by atoms with E-state index in [4.69, 9.17) is 0 Å². The first kappa shape index (κ1) is 12.2. The highest BCUT2D eigenvalue weighted by Gasteiger charge is 2.25. The Balaban J connectivity index is 2.75. The smallest absolute Gasteiger partial charge is 0.231 e. The van der Waals surface area contributed by atoms with Crippen LogP contribution in [0.3, 0.4) is 0 Å². The number of anilines is 1. The lowest BCUT2D eigenvalue weighted by Crippen LogP contribution is -2.30. The van der Waals surface area contributed by atoms with Crippen LogP contribution in [0.2, 0.25) is 0 Å². The fourth-order valence-electron chi connectivity index (χ4n) is 0.924. The standard InChI is InChI=1S/C11H15BrN2O/c1-4-11(2,3)10(15)14-9-7-5-6-8(12)13-9/h5-7H,4H2,1-3H3,(H,13,14,15). The van der Waals surface area contributed by atoms with Crippen molar-refractivity contribution in [2.75, 3.05) is 5.32 Å². The van der Waals surface area contributed by atoms with Crippen molar-refractivity contribution < 1.29 is 4.79 Å². The molecule has 1 rings (SSSR count). The first-order valence-corrected chi connectivity index (χ1v) is 5.69. The van der Waals surface area contributed by atoms with Crippen molar-refractivity contribution in [2.45, 2.75) is 27.2 Å². The lowest BCUT2D eigenvalue weighted by atomic mass is 9.89. The predicted molar refractivity (Wildman–Crippen MR) is 64.6 cm³/mol. The van der Waals surface area contributed by atoms with Gasteiger partial charge in [-0.1, -0.05) is 26.8 Å². The van der Waals surface area contributed by atoms with Gasteiger partial charge >= 0.3 is 0 Å². The number of nitrogens with one attached hydrogen (secondary N) is 1. The van der Waals surface area contributed by atoms with Gasteiger partial charge in [0.05, 0.1) is 0 Å². The Morgan fingerprint density at radius 3 is 2.73 bits per heavy atom. The molecule has 0 saturated carbocycles. The van der Waals surface area contributed by atoms with Crippen LogP contribution in [-0.2, 0) is 4.79 Å². The average Bonchev–Trinajstić information content (AvgIpc) is 2.17. The summed E-state index contributed by atoms with van der Waals surface area (Å²) in [6.45, 7) is 5.83. The molecule has 1 amide bonds. The van der Waals surface area contributed by atoms with Crippen LogP contribution >= 0.6 is 15.9 Å². The summed E-state index contributed by atoms with van der Waals surface area (Å²) in [6.07, 6.45) is 0.798. The summed E-state index contributed by atoms with van der Waals surface area (Å²) in [5.74, 6) is 0.575. The van der Waals surface area contributed by atoms with Crippen molar-refractivity contribution >= 4 is 27.7 Å². The molecule has 1 N–H and O–H groups in total. The van der Waals surface area contributed by atoms with Crippen LogP contribution in [-0.4, -0.2) is 10.9 Å². The van der Waals surface area contributed by atoms with E-state index in [0.29, 0.717) is 5.82 Å². The van der Waals surface area contributed by atoms with Gasteiger partial charge in [0.2, 0.25) is 5.91 Å². The van der Waals surface area contributed by atoms with Gasteiger partial charge < -0.3 is 5.32 Å². The molecule has 0 fully saturated rings. The number of amides is 1. The van der Waals surface area contributed by atoms with Crippen LogP contribution in [0.4, 0.5) is 5.82 Å². The van der Waals surface area contributed by atoms with E-state index in [1.165, 1.54) is 0 Å². The zero-order chi connectivity index (χ0) is 11.5. The number of aromatic nitrogens is 1.